The molecule has 0 aliphatic carbocycles. The van der Waals surface area contributed by atoms with E-state index >= 15 is 0 Å². The van der Waals surface area contributed by atoms with E-state index in [2.05, 4.69) is 4.74 Å². The molecule has 0 N–H and O–H groups in total. The van der Waals surface area contributed by atoms with Crippen molar-refractivity contribution in [1.29, 1.82) is 0 Å². The molecule has 1 aromatic rings. The molecule has 0 spiro atoms. The van der Waals surface area contributed by atoms with Crippen LogP contribution in [-0.4, -0.2) is 52.9 Å². The number of thioether (sulfide) groups is 1. The Labute approximate surface area is 130 Å². The number of hydrogen-bond acceptors (Lipinski definition) is 7. The first kappa shape index (κ1) is 16.1. The molecule has 9 heteroatoms. The van der Waals surface area contributed by atoms with Crippen molar-refractivity contribution in [2.24, 2.45) is 0 Å². The minimum atomic E-state index is -0.651. The van der Waals surface area contributed by atoms with Gasteiger partial charge >= 0.3 is 11.9 Å². The quantitative estimate of drug-likeness (QED) is 0.356. The van der Waals surface area contributed by atoms with Gasteiger partial charge in [-0.3, -0.25) is 19.7 Å². The topological polar surface area (TPSA) is 103 Å². The standard InChI is InChI=1S/C13H14N2O6S/c1-20-13(17)10-8-14(6-7-22-10)11(16)4-2-9-3-5-12(21-9)15(18)19/h2-5,10H,6-8H2,1H3/b4-2+/t10-/m1/s1. The molecular weight excluding hydrogens is 312 g/mol. The Morgan fingerprint density at radius 1 is 1.55 bits per heavy atom. The second kappa shape index (κ2) is 7.12. The summed E-state index contributed by atoms with van der Waals surface area (Å²) in [5.74, 6) is -0.157. The molecule has 1 fully saturated rings. The Bertz CT molecular complexity index is 611. The van der Waals surface area contributed by atoms with E-state index in [1.165, 1.54) is 48.1 Å². The van der Waals surface area contributed by atoms with Crippen LogP contribution in [0, 0.1) is 10.1 Å². The second-order valence-electron chi connectivity index (χ2n) is 4.43. The number of nitro groups is 1. The maximum atomic E-state index is 12.1. The Kier molecular flexibility index (Phi) is 5.21. The summed E-state index contributed by atoms with van der Waals surface area (Å²) in [7, 11) is 1.31. The largest absolute Gasteiger partial charge is 0.468 e. The third kappa shape index (κ3) is 3.88. The summed E-state index contributed by atoms with van der Waals surface area (Å²) in [5.41, 5.74) is 0. The summed E-state index contributed by atoms with van der Waals surface area (Å²) in [5, 5.41) is 10.1. The molecule has 1 amide bonds. The van der Waals surface area contributed by atoms with E-state index in [1.54, 1.807) is 0 Å². The molecule has 1 aromatic heterocycles. The van der Waals surface area contributed by atoms with Crippen molar-refractivity contribution in [2.45, 2.75) is 5.25 Å². The lowest BCUT2D eigenvalue weighted by Crippen LogP contribution is -2.44. The number of carbonyl (C=O) groups is 2. The van der Waals surface area contributed by atoms with Gasteiger partial charge in [-0.15, -0.1) is 11.8 Å². The van der Waals surface area contributed by atoms with Crippen molar-refractivity contribution in [3.63, 3.8) is 0 Å². The molecule has 22 heavy (non-hydrogen) atoms. The number of furan rings is 1. The maximum absolute atomic E-state index is 12.1. The average molecular weight is 326 g/mol. The van der Waals surface area contributed by atoms with Crippen molar-refractivity contribution in [3.8, 4) is 0 Å². The first-order valence-electron chi connectivity index (χ1n) is 6.42. The van der Waals surface area contributed by atoms with Crippen LogP contribution in [0.3, 0.4) is 0 Å². The molecule has 0 saturated carbocycles. The van der Waals surface area contributed by atoms with Crippen molar-refractivity contribution in [1.82, 2.24) is 4.90 Å². The van der Waals surface area contributed by atoms with E-state index in [4.69, 9.17) is 4.42 Å². The van der Waals surface area contributed by atoms with Gasteiger partial charge in [0.05, 0.1) is 13.2 Å². The summed E-state index contributed by atoms with van der Waals surface area (Å²) in [6, 6.07) is 2.63. The lowest BCUT2D eigenvalue weighted by atomic mass is 10.3. The molecule has 0 radical (unpaired) electrons. The number of methoxy groups -OCH3 is 1. The first-order valence-corrected chi connectivity index (χ1v) is 7.47. The predicted molar refractivity (Wildman–Crippen MR) is 79.2 cm³/mol. The van der Waals surface area contributed by atoms with Gasteiger partial charge in [0.15, 0.2) is 0 Å². The van der Waals surface area contributed by atoms with Gasteiger partial charge in [0.25, 0.3) is 0 Å². The molecule has 118 valence electrons. The van der Waals surface area contributed by atoms with E-state index in [1.807, 2.05) is 0 Å². The predicted octanol–water partition coefficient (Wildman–Crippen LogP) is 1.32. The Balaban J connectivity index is 1.97. The number of rotatable bonds is 4. The number of amides is 1. The molecule has 1 aliphatic heterocycles. The molecule has 0 unspecified atom stereocenters. The van der Waals surface area contributed by atoms with Gasteiger partial charge in [0.1, 0.15) is 15.9 Å². The Morgan fingerprint density at radius 3 is 2.95 bits per heavy atom. The molecule has 8 nitrogen and oxygen atoms in total. The highest BCUT2D eigenvalue weighted by atomic mass is 32.2. The van der Waals surface area contributed by atoms with Crippen molar-refractivity contribution >= 4 is 35.6 Å². The lowest BCUT2D eigenvalue weighted by Gasteiger charge is -2.30. The lowest BCUT2D eigenvalue weighted by molar-refractivity contribution is -0.402. The van der Waals surface area contributed by atoms with Crippen LogP contribution < -0.4 is 0 Å². The van der Waals surface area contributed by atoms with E-state index in [0.717, 1.165) is 0 Å². The van der Waals surface area contributed by atoms with Gasteiger partial charge in [0, 0.05) is 24.9 Å². The summed E-state index contributed by atoms with van der Waals surface area (Å²) in [4.78, 5) is 35.0. The van der Waals surface area contributed by atoms with Crippen molar-refractivity contribution < 1.29 is 23.7 Å². The minimum absolute atomic E-state index is 0.218. The SMILES string of the molecule is COC(=O)[C@H]1CN(C(=O)/C=C/c2ccc([N+](=O)[O-])o2)CCS1. The summed E-state index contributed by atoms with van der Waals surface area (Å²) < 4.78 is 9.60. The van der Waals surface area contributed by atoms with Gasteiger partial charge in [-0.1, -0.05) is 0 Å². The normalized spacial score (nSPS) is 18.4. The van der Waals surface area contributed by atoms with Crippen LogP contribution in [0.5, 0.6) is 0 Å². The van der Waals surface area contributed by atoms with Crippen LogP contribution in [0.15, 0.2) is 22.6 Å². The van der Waals surface area contributed by atoms with Gasteiger partial charge < -0.3 is 14.1 Å². The van der Waals surface area contributed by atoms with Gasteiger partial charge in [-0.05, 0) is 12.1 Å². The van der Waals surface area contributed by atoms with Crippen LogP contribution in [0.1, 0.15) is 5.76 Å². The monoisotopic (exact) mass is 326 g/mol. The zero-order valence-electron chi connectivity index (χ0n) is 11.8. The third-order valence-electron chi connectivity index (χ3n) is 3.02. The first-order chi connectivity index (χ1) is 10.5. The van der Waals surface area contributed by atoms with E-state index in [0.29, 0.717) is 12.3 Å². The molecule has 2 rings (SSSR count). The fraction of sp³-hybridized carbons (Fsp3) is 0.385. The van der Waals surface area contributed by atoms with Crippen LogP contribution in [-0.2, 0) is 14.3 Å². The molecule has 1 aliphatic rings. The highest BCUT2D eigenvalue weighted by Crippen LogP contribution is 2.21. The fourth-order valence-corrected chi connectivity index (χ4v) is 3.04. The third-order valence-corrected chi connectivity index (χ3v) is 4.19. The van der Waals surface area contributed by atoms with Crippen molar-refractivity contribution in [3.05, 3.63) is 34.1 Å². The average Bonchev–Trinajstić information content (AvgIpc) is 3.01. The minimum Gasteiger partial charge on any atom is -0.468 e. The van der Waals surface area contributed by atoms with Crippen LogP contribution in [0.25, 0.3) is 6.08 Å². The molecule has 1 atom stereocenters. The number of carbonyl (C=O) groups excluding carboxylic acids is 2. The van der Waals surface area contributed by atoms with E-state index < -0.39 is 4.92 Å². The van der Waals surface area contributed by atoms with E-state index in [9.17, 15) is 19.7 Å². The van der Waals surface area contributed by atoms with Crippen LogP contribution in [0.2, 0.25) is 0 Å². The number of esters is 1. The van der Waals surface area contributed by atoms with Crippen LogP contribution >= 0.6 is 11.8 Å². The molecule has 1 saturated heterocycles. The second-order valence-corrected chi connectivity index (χ2v) is 5.74. The molecule has 0 bridgehead atoms. The van der Waals surface area contributed by atoms with Crippen molar-refractivity contribution in [2.75, 3.05) is 26.0 Å². The number of ether oxygens (including phenoxy) is 1. The highest BCUT2D eigenvalue weighted by molar-refractivity contribution is 8.00. The van der Waals surface area contributed by atoms with Gasteiger partial charge in [-0.25, -0.2) is 0 Å². The molecular formula is C13H14N2O6S. The summed E-state index contributed by atoms with van der Waals surface area (Å²) in [6.07, 6.45) is 2.64. The molecule has 0 aromatic carbocycles. The zero-order valence-corrected chi connectivity index (χ0v) is 12.6. The Hall–Kier alpha value is -2.29. The van der Waals surface area contributed by atoms with Gasteiger partial charge in [0.2, 0.25) is 5.91 Å². The van der Waals surface area contributed by atoms with Gasteiger partial charge in [-0.2, -0.15) is 0 Å². The fourth-order valence-electron chi connectivity index (χ4n) is 1.91. The summed E-state index contributed by atoms with van der Waals surface area (Å²) in [6.45, 7) is 0.804. The maximum Gasteiger partial charge on any atom is 0.433 e. The summed E-state index contributed by atoms with van der Waals surface area (Å²) >= 11 is 1.45. The Morgan fingerprint density at radius 2 is 2.32 bits per heavy atom. The number of nitrogens with zero attached hydrogens (tertiary/aromatic N) is 2. The van der Waals surface area contributed by atoms with Crippen LogP contribution in [0.4, 0.5) is 5.88 Å². The molecule has 2 heterocycles. The van der Waals surface area contributed by atoms with E-state index in [-0.39, 0.29) is 35.3 Å². The zero-order chi connectivity index (χ0) is 16.1. The smallest absolute Gasteiger partial charge is 0.433 e. The number of hydrogen-bond donors (Lipinski definition) is 0. The highest BCUT2D eigenvalue weighted by Gasteiger charge is 2.28.